The minimum atomic E-state index is 0.371. The molecule has 21 heavy (non-hydrogen) atoms. The Morgan fingerprint density at radius 2 is 2.19 bits per heavy atom. The predicted octanol–water partition coefficient (Wildman–Crippen LogP) is 3.62. The van der Waals surface area contributed by atoms with Crippen LogP contribution in [0.25, 0.3) is 0 Å². The van der Waals surface area contributed by atoms with Gasteiger partial charge in [0.15, 0.2) is 0 Å². The number of benzene rings is 1. The Kier molecular flexibility index (Phi) is 4.81. The first kappa shape index (κ1) is 14.5. The van der Waals surface area contributed by atoms with E-state index in [4.69, 9.17) is 9.47 Å². The molecule has 2 unspecified atom stereocenters. The third-order valence-corrected chi connectivity index (χ3v) is 4.38. The van der Waals surface area contributed by atoms with Crippen LogP contribution in [0.4, 0.5) is 0 Å². The highest BCUT2D eigenvalue weighted by Crippen LogP contribution is 2.38. The zero-order chi connectivity index (χ0) is 14.5. The fraction of sp³-hybridized carbons (Fsp3) is 0.556. The van der Waals surface area contributed by atoms with E-state index in [1.165, 1.54) is 11.1 Å². The standard InChI is InChI=1S/C18H25NO2/c1-2-10-19-18(14-6-5-11-20-13-14)16-9-12-21-17-8-4-3-7-15(16)17/h3-4,7-8,13,16,18-19H,2,5-6,9-12H2,1H3. The molecular formula is C18H25NO2. The lowest BCUT2D eigenvalue weighted by molar-refractivity contribution is 0.209. The molecule has 3 rings (SSSR count). The van der Waals surface area contributed by atoms with Crippen LogP contribution in [0.3, 0.4) is 0 Å². The summed E-state index contributed by atoms with van der Waals surface area (Å²) in [5, 5.41) is 3.75. The Hall–Kier alpha value is -1.48. The SMILES string of the molecule is CCCNC(C1=COCCC1)C1CCOc2ccccc21. The summed E-state index contributed by atoms with van der Waals surface area (Å²) in [5.74, 6) is 1.53. The molecule has 0 amide bonds. The summed E-state index contributed by atoms with van der Waals surface area (Å²) in [6.45, 7) is 4.92. The molecule has 3 nitrogen and oxygen atoms in total. The van der Waals surface area contributed by atoms with Crippen molar-refractivity contribution in [3.05, 3.63) is 41.7 Å². The summed E-state index contributed by atoms with van der Waals surface area (Å²) in [6, 6.07) is 8.84. The maximum atomic E-state index is 5.82. The van der Waals surface area contributed by atoms with Crippen LogP contribution in [0.15, 0.2) is 36.1 Å². The van der Waals surface area contributed by atoms with E-state index in [2.05, 4.69) is 36.5 Å². The minimum absolute atomic E-state index is 0.371. The van der Waals surface area contributed by atoms with E-state index >= 15 is 0 Å². The molecular weight excluding hydrogens is 262 g/mol. The number of para-hydroxylation sites is 1. The van der Waals surface area contributed by atoms with Gasteiger partial charge < -0.3 is 14.8 Å². The molecule has 1 N–H and O–H groups in total. The number of rotatable bonds is 5. The Labute approximate surface area is 127 Å². The van der Waals surface area contributed by atoms with Crippen molar-refractivity contribution in [2.24, 2.45) is 0 Å². The van der Waals surface area contributed by atoms with E-state index < -0.39 is 0 Å². The van der Waals surface area contributed by atoms with Crippen LogP contribution in [0, 0.1) is 0 Å². The first-order chi connectivity index (χ1) is 10.4. The number of nitrogens with one attached hydrogen (secondary N) is 1. The number of fused-ring (bicyclic) bond motifs is 1. The third kappa shape index (κ3) is 3.24. The van der Waals surface area contributed by atoms with Gasteiger partial charge in [-0.3, -0.25) is 0 Å². The molecule has 0 bridgehead atoms. The molecule has 0 fully saturated rings. The van der Waals surface area contributed by atoms with Gasteiger partial charge in [-0.05, 0) is 49.4 Å². The summed E-state index contributed by atoms with van der Waals surface area (Å²) in [6.07, 6.45) is 6.47. The maximum absolute atomic E-state index is 5.82. The second kappa shape index (κ2) is 6.99. The molecule has 3 heteroatoms. The number of hydrogen-bond donors (Lipinski definition) is 1. The van der Waals surface area contributed by atoms with Crippen molar-refractivity contribution in [2.75, 3.05) is 19.8 Å². The van der Waals surface area contributed by atoms with Gasteiger partial charge in [0.05, 0.1) is 19.5 Å². The Balaban J connectivity index is 1.87. The van der Waals surface area contributed by atoms with Gasteiger partial charge in [-0.1, -0.05) is 25.1 Å². The van der Waals surface area contributed by atoms with Crippen LogP contribution in [0.2, 0.25) is 0 Å². The summed E-state index contributed by atoms with van der Waals surface area (Å²) in [4.78, 5) is 0. The van der Waals surface area contributed by atoms with Gasteiger partial charge in [-0.15, -0.1) is 0 Å². The first-order valence-corrected chi connectivity index (χ1v) is 8.16. The summed E-state index contributed by atoms with van der Waals surface area (Å²) in [5.41, 5.74) is 2.75. The topological polar surface area (TPSA) is 30.5 Å². The van der Waals surface area contributed by atoms with E-state index in [9.17, 15) is 0 Å². The van der Waals surface area contributed by atoms with Gasteiger partial charge in [-0.2, -0.15) is 0 Å². The number of hydrogen-bond acceptors (Lipinski definition) is 3. The van der Waals surface area contributed by atoms with Crippen molar-refractivity contribution in [2.45, 2.75) is 44.6 Å². The molecule has 2 aliphatic rings. The second-order valence-electron chi connectivity index (χ2n) is 5.88. The lowest BCUT2D eigenvalue weighted by atomic mass is 9.81. The fourth-order valence-electron chi connectivity index (χ4n) is 3.36. The zero-order valence-electron chi connectivity index (χ0n) is 12.8. The molecule has 2 atom stereocenters. The summed E-state index contributed by atoms with van der Waals surface area (Å²) < 4.78 is 11.4. The van der Waals surface area contributed by atoms with Crippen LogP contribution < -0.4 is 10.1 Å². The van der Waals surface area contributed by atoms with Crippen LogP contribution in [-0.4, -0.2) is 25.8 Å². The molecule has 0 radical (unpaired) electrons. The van der Waals surface area contributed by atoms with Gasteiger partial charge in [0.2, 0.25) is 0 Å². The highest BCUT2D eigenvalue weighted by Gasteiger charge is 2.31. The first-order valence-electron chi connectivity index (χ1n) is 8.16. The Bertz CT molecular complexity index is 498. The molecule has 0 saturated carbocycles. The summed E-state index contributed by atoms with van der Waals surface area (Å²) in [7, 11) is 0. The van der Waals surface area contributed by atoms with Crippen molar-refractivity contribution in [1.29, 1.82) is 0 Å². The zero-order valence-corrected chi connectivity index (χ0v) is 12.8. The average Bonchev–Trinajstić information content (AvgIpc) is 2.56. The molecule has 0 aliphatic carbocycles. The lowest BCUT2D eigenvalue weighted by Crippen LogP contribution is -2.40. The van der Waals surface area contributed by atoms with Gasteiger partial charge in [0.1, 0.15) is 5.75 Å². The minimum Gasteiger partial charge on any atom is -0.501 e. The highest BCUT2D eigenvalue weighted by molar-refractivity contribution is 5.40. The van der Waals surface area contributed by atoms with E-state index in [-0.39, 0.29) is 0 Å². The van der Waals surface area contributed by atoms with E-state index in [1.807, 2.05) is 6.26 Å². The normalized spacial score (nSPS) is 22.5. The quantitative estimate of drug-likeness (QED) is 0.897. The maximum Gasteiger partial charge on any atom is 0.122 e. The van der Waals surface area contributed by atoms with Crippen molar-refractivity contribution in [1.82, 2.24) is 5.32 Å². The van der Waals surface area contributed by atoms with Gasteiger partial charge in [0, 0.05) is 12.0 Å². The van der Waals surface area contributed by atoms with Crippen molar-refractivity contribution in [3.8, 4) is 5.75 Å². The molecule has 2 aliphatic heterocycles. The summed E-state index contributed by atoms with van der Waals surface area (Å²) >= 11 is 0. The van der Waals surface area contributed by atoms with Crippen molar-refractivity contribution in [3.63, 3.8) is 0 Å². The van der Waals surface area contributed by atoms with E-state index in [0.717, 1.165) is 51.2 Å². The molecule has 0 saturated heterocycles. The van der Waals surface area contributed by atoms with Crippen LogP contribution in [-0.2, 0) is 4.74 Å². The van der Waals surface area contributed by atoms with Gasteiger partial charge in [-0.25, -0.2) is 0 Å². The van der Waals surface area contributed by atoms with Crippen LogP contribution >= 0.6 is 0 Å². The fourth-order valence-corrected chi connectivity index (χ4v) is 3.36. The number of ether oxygens (including phenoxy) is 2. The molecule has 1 aromatic carbocycles. The molecule has 0 spiro atoms. The Morgan fingerprint density at radius 1 is 1.29 bits per heavy atom. The Morgan fingerprint density at radius 3 is 3.00 bits per heavy atom. The molecule has 1 aromatic rings. The lowest BCUT2D eigenvalue weighted by Gasteiger charge is -2.35. The van der Waals surface area contributed by atoms with Crippen molar-refractivity contribution >= 4 is 0 Å². The average molecular weight is 287 g/mol. The van der Waals surface area contributed by atoms with Crippen LogP contribution in [0.5, 0.6) is 5.75 Å². The molecule has 0 aromatic heterocycles. The molecule has 114 valence electrons. The monoisotopic (exact) mass is 287 g/mol. The van der Waals surface area contributed by atoms with Gasteiger partial charge in [0.25, 0.3) is 0 Å². The predicted molar refractivity (Wildman–Crippen MR) is 84.6 cm³/mol. The third-order valence-electron chi connectivity index (χ3n) is 4.38. The van der Waals surface area contributed by atoms with Gasteiger partial charge >= 0.3 is 0 Å². The highest BCUT2D eigenvalue weighted by atomic mass is 16.5. The van der Waals surface area contributed by atoms with E-state index in [0.29, 0.717) is 12.0 Å². The second-order valence-corrected chi connectivity index (χ2v) is 5.88. The largest absolute Gasteiger partial charge is 0.501 e. The van der Waals surface area contributed by atoms with Crippen molar-refractivity contribution < 1.29 is 9.47 Å². The van der Waals surface area contributed by atoms with Crippen LogP contribution in [0.1, 0.15) is 44.1 Å². The smallest absolute Gasteiger partial charge is 0.122 e. The molecule has 2 heterocycles. The van der Waals surface area contributed by atoms with E-state index in [1.54, 1.807) is 0 Å².